The van der Waals surface area contributed by atoms with Gasteiger partial charge < -0.3 is 10.1 Å². The summed E-state index contributed by atoms with van der Waals surface area (Å²) in [7, 11) is -3.73. The van der Waals surface area contributed by atoms with E-state index in [1.165, 1.54) is 29.4 Å². The molecule has 0 spiro atoms. The van der Waals surface area contributed by atoms with Gasteiger partial charge in [-0.2, -0.15) is 4.31 Å². The van der Waals surface area contributed by atoms with Gasteiger partial charge >= 0.3 is 5.97 Å². The maximum absolute atomic E-state index is 12.8. The number of anilines is 1. The van der Waals surface area contributed by atoms with Crippen LogP contribution in [0.5, 0.6) is 0 Å². The van der Waals surface area contributed by atoms with Gasteiger partial charge in [0.25, 0.3) is 5.91 Å². The van der Waals surface area contributed by atoms with Crippen molar-refractivity contribution in [3.05, 3.63) is 71.2 Å². The Morgan fingerprint density at radius 1 is 1.00 bits per heavy atom. The van der Waals surface area contributed by atoms with Crippen LogP contribution in [0.2, 0.25) is 5.02 Å². The van der Waals surface area contributed by atoms with Crippen molar-refractivity contribution in [3.63, 3.8) is 0 Å². The Kier molecular flexibility index (Phi) is 7.73. The number of halogens is 1. The first-order chi connectivity index (χ1) is 15.7. The SMILES string of the molecule is CCN(CC)S(=O)(=O)c1ccc(Cl)c(NC(=O)C(C)OC(=O)c2ccc3ccccc3c2)c1. The zero-order valence-corrected chi connectivity index (χ0v) is 20.1. The molecular formula is C24H25ClN2O5S. The van der Waals surface area contributed by atoms with Crippen LogP contribution in [0.1, 0.15) is 31.1 Å². The van der Waals surface area contributed by atoms with Crippen LogP contribution >= 0.6 is 11.6 Å². The van der Waals surface area contributed by atoms with E-state index in [0.717, 1.165) is 10.8 Å². The normalized spacial score (nSPS) is 12.5. The Labute approximate surface area is 198 Å². The Morgan fingerprint density at radius 3 is 2.33 bits per heavy atom. The number of ether oxygens (including phenoxy) is 1. The Hall–Kier alpha value is -2.94. The van der Waals surface area contributed by atoms with Gasteiger partial charge in [-0.3, -0.25) is 4.79 Å². The van der Waals surface area contributed by atoms with Gasteiger partial charge in [-0.25, -0.2) is 13.2 Å². The highest BCUT2D eigenvalue weighted by atomic mass is 35.5. The lowest BCUT2D eigenvalue weighted by molar-refractivity contribution is -0.123. The molecule has 3 aromatic rings. The highest BCUT2D eigenvalue weighted by Gasteiger charge is 2.24. The molecule has 3 rings (SSSR count). The highest BCUT2D eigenvalue weighted by molar-refractivity contribution is 7.89. The van der Waals surface area contributed by atoms with Crippen LogP contribution in [-0.2, 0) is 19.6 Å². The largest absolute Gasteiger partial charge is 0.449 e. The van der Waals surface area contributed by atoms with Crippen LogP contribution < -0.4 is 5.32 Å². The van der Waals surface area contributed by atoms with E-state index in [9.17, 15) is 18.0 Å². The lowest BCUT2D eigenvalue weighted by Gasteiger charge is -2.19. The van der Waals surface area contributed by atoms with Gasteiger partial charge in [0.15, 0.2) is 6.10 Å². The summed E-state index contributed by atoms with van der Waals surface area (Å²) in [5.41, 5.74) is 0.433. The van der Waals surface area contributed by atoms with Crippen molar-refractivity contribution in [2.24, 2.45) is 0 Å². The lowest BCUT2D eigenvalue weighted by atomic mass is 10.1. The first kappa shape index (κ1) is 24.7. The maximum Gasteiger partial charge on any atom is 0.338 e. The number of nitrogens with one attached hydrogen (secondary N) is 1. The van der Waals surface area contributed by atoms with Crippen LogP contribution in [0.4, 0.5) is 5.69 Å². The molecule has 0 saturated heterocycles. The van der Waals surface area contributed by atoms with E-state index in [1.807, 2.05) is 24.3 Å². The number of carbonyl (C=O) groups is 2. The van der Waals surface area contributed by atoms with E-state index in [4.69, 9.17) is 16.3 Å². The zero-order chi connectivity index (χ0) is 24.2. The molecule has 0 aliphatic heterocycles. The van der Waals surface area contributed by atoms with Gasteiger partial charge in [0.1, 0.15) is 0 Å². The first-order valence-electron chi connectivity index (χ1n) is 10.5. The summed E-state index contributed by atoms with van der Waals surface area (Å²) in [6.07, 6.45) is -1.14. The number of esters is 1. The van der Waals surface area contributed by atoms with Crippen LogP contribution in [0.3, 0.4) is 0 Å². The van der Waals surface area contributed by atoms with Crippen molar-refractivity contribution in [1.29, 1.82) is 0 Å². The fourth-order valence-electron chi connectivity index (χ4n) is 3.31. The number of sulfonamides is 1. The third-order valence-corrected chi connectivity index (χ3v) is 7.55. The molecular weight excluding hydrogens is 464 g/mol. The van der Waals surface area contributed by atoms with Gasteiger partial charge in [0.2, 0.25) is 10.0 Å². The molecule has 1 atom stereocenters. The molecule has 0 aromatic heterocycles. The Balaban J connectivity index is 1.74. The molecule has 174 valence electrons. The molecule has 0 bridgehead atoms. The molecule has 7 nitrogen and oxygen atoms in total. The van der Waals surface area contributed by atoms with Crippen LogP contribution in [0, 0.1) is 0 Å². The molecule has 9 heteroatoms. The van der Waals surface area contributed by atoms with Crippen molar-refractivity contribution >= 4 is 50.0 Å². The molecule has 1 N–H and O–H groups in total. The molecule has 1 unspecified atom stereocenters. The van der Waals surface area contributed by atoms with Crippen molar-refractivity contribution in [2.75, 3.05) is 18.4 Å². The van der Waals surface area contributed by atoms with Crippen molar-refractivity contribution in [2.45, 2.75) is 31.8 Å². The lowest BCUT2D eigenvalue weighted by Crippen LogP contribution is -2.31. The average Bonchev–Trinajstić information content (AvgIpc) is 2.80. The molecule has 0 aliphatic carbocycles. The first-order valence-corrected chi connectivity index (χ1v) is 12.3. The van der Waals surface area contributed by atoms with E-state index < -0.39 is 28.0 Å². The summed E-state index contributed by atoms with van der Waals surface area (Å²) in [6.45, 7) is 5.53. The maximum atomic E-state index is 12.8. The molecule has 0 aliphatic rings. The fourth-order valence-corrected chi connectivity index (χ4v) is 4.96. The average molecular weight is 489 g/mol. The van der Waals surface area contributed by atoms with E-state index in [1.54, 1.807) is 32.0 Å². The van der Waals surface area contributed by atoms with Gasteiger partial charge in [0.05, 0.1) is 21.2 Å². The number of nitrogens with zero attached hydrogens (tertiary/aromatic N) is 1. The molecule has 3 aromatic carbocycles. The summed E-state index contributed by atoms with van der Waals surface area (Å²) in [5, 5.41) is 4.57. The molecule has 33 heavy (non-hydrogen) atoms. The predicted molar refractivity (Wildman–Crippen MR) is 129 cm³/mol. The van der Waals surface area contributed by atoms with Gasteiger partial charge in [-0.15, -0.1) is 0 Å². The minimum atomic E-state index is -3.73. The quantitative estimate of drug-likeness (QED) is 0.463. The number of rotatable bonds is 8. The second-order valence-electron chi connectivity index (χ2n) is 7.33. The summed E-state index contributed by atoms with van der Waals surface area (Å²) >= 11 is 6.17. The van der Waals surface area contributed by atoms with Crippen molar-refractivity contribution in [3.8, 4) is 0 Å². The zero-order valence-electron chi connectivity index (χ0n) is 18.5. The van der Waals surface area contributed by atoms with Crippen molar-refractivity contribution < 1.29 is 22.7 Å². The second-order valence-corrected chi connectivity index (χ2v) is 9.67. The van der Waals surface area contributed by atoms with Crippen LogP contribution in [0.25, 0.3) is 10.8 Å². The smallest absolute Gasteiger partial charge is 0.338 e. The number of hydrogen-bond acceptors (Lipinski definition) is 5. The third-order valence-electron chi connectivity index (χ3n) is 5.18. The summed E-state index contributed by atoms with van der Waals surface area (Å²) in [6, 6.07) is 16.8. The summed E-state index contributed by atoms with van der Waals surface area (Å²) in [4.78, 5) is 25.2. The number of hydrogen-bond donors (Lipinski definition) is 1. The third kappa shape index (κ3) is 5.52. The number of carbonyl (C=O) groups excluding carboxylic acids is 2. The van der Waals surface area contributed by atoms with Gasteiger partial charge in [-0.1, -0.05) is 55.8 Å². The number of fused-ring (bicyclic) bond motifs is 1. The molecule has 0 radical (unpaired) electrons. The minimum Gasteiger partial charge on any atom is -0.449 e. The van der Waals surface area contributed by atoms with Gasteiger partial charge in [-0.05, 0) is 48.0 Å². The molecule has 0 heterocycles. The Bertz CT molecular complexity index is 1290. The predicted octanol–water partition coefficient (Wildman–Crippen LogP) is 4.71. The van der Waals surface area contributed by atoms with E-state index in [0.29, 0.717) is 18.7 Å². The van der Waals surface area contributed by atoms with Crippen LogP contribution in [-0.4, -0.2) is 43.8 Å². The minimum absolute atomic E-state index is 0.00621. The van der Waals surface area contributed by atoms with E-state index in [2.05, 4.69) is 5.32 Å². The molecule has 1 amide bonds. The number of benzene rings is 3. The highest BCUT2D eigenvalue weighted by Crippen LogP contribution is 2.27. The topological polar surface area (TPSA) is 92.8 Å². The summed E-state index contributed by atoms with van der Waals surface area (Å²) in [5.74, 6) is -1.28. The van der Waals surface area contributed by atoms with Gasteiger partial charge in [0, 0.05) is 13.1 Å². The summed E-state index contributed by atoms with van der Waals surface area (Å²) < 4.78 is 32.2. The standard InChI is InChI=1S/C24H25ClN2O5S/c1-4-27(5-2)33(30,31)20-12-13-21(25)22(15-20)26-23(28)16(3)32-24(29)19-11-10-17-8-6-7-9-18(17)14-19/h6-16H,4-5H2,1-3H3,(H,26,28). The molecule has 0 saturated carbocycles. The van der Waals surface area contributed by atoms with Crippen LogP contribution in [0.15, 0.2) is 65.6 Å². The fraction of sp³-hybridized carbons (Fsp3) is 0.250. The molecule has 0 fully saturated rings. The monoisotopic (exact) mass is 488 g/mol. The second kappa shape index (κ2) is 10.3. The van der Waals surface area contributed by atoms with E-state index in [-0.39, 0.29) is 15.6 Å². The van der Waals surface area contributed by atoms with E-state index >= 15 is 0 Å². The van der Waals surface area contributed by atoms with Crippen molar-refractivity contribution in [1.82, 2.24) is 4.31 Å². The number of amides is 1. The Morgan fingerprint density at radius 2 is 1.67 bits per heavy atom.